The van der Waals surface area contributed by atoms with E-state index in [1.807, 2.05) is 6.07 Å². The number of halogens is 1. The monoisotopic (exact) mass is 275 g/mol. The fraction of sp³-hybridized carbons (Fsp3) is 0.467. The highest BCUT2D eigenvalue weighted by atomic mass is 19.1. The molecule has 2 N–H and O–H groups in total. The second kappa shape index (κ2) is 7.01. The van der Waals surface area contributed by atoms with E-state index in [0.717, 1.165) is 19.3 Å². The van der Waals surface area contributed by atoms with Gasteiger partial charge in [0.25, 0.3) is 0 Å². The lowest BCUT2D eigenvalue weighted by molar-refractivity contribution is -0.121. The first-order valence-corrected chi connectivity index (χ1v) is 6.87. The van der Waals surface area contributed by atoms with Crippen molar-refractivity contribution < 1.29 is 9.18 Å². The van der Waals surface area contributed by atoms with Gasteiger partial charge in [0, 0.05) is 24.6 Å². The van der Waals surface area contributed by atoms with E-state index in [-0.39, 0.29) is 11.7 Å². The molecule has 0 aliphatic heterocycles. The van der Waals surface area contributed by atoms with Gasteiger partial charge in [-0.05, 0) is 44.0 Å². The van der Waals surface area contributed by atoms with E-state index >= 15 is 0 Å². The van der Waals surface area contributed by atoms with Crippen molar-refractivity contribution in [1.82, 2.24) is 10.6 Å². The molecule has 0 heterocycles. The Morgan fingerprint density at radius 1 is 1.45 bits per heavy atom. The molecule has 0 saturated heterocycles. The first kappa shape index (κ1) is 14.5. The molecule has 0 atom stereocenters. The van der Waals surface area contributed by atoms with Gasteiger partial charge in [-0.2, -0.15) is 5.26 Å². The van der Waals surface area contributed by atoms with Crippen molar-refractivity contribution in [2.24, 2.45) is 0 Å². The van der Waals surface area contributed by atoms with Crippen molar-refractivity contribution in [2.45, 2.75) is 38.3 Å². The fourth-order valence-electron chi connectivity index (χ4n) is 1.90. The van der Waals surface area contributed by atoms with Crippen molar-refractivity contribution >= 4 is 5.91 Å². The number of carbonyl (C=O) groups excluding carboxylic acids is 1. The Labute approximate surface area is 118 Å². The van der Waals surface area contributed by atoms with Gasteiger partial charge in [0.2, 0.25) is 5.91 Å². The summed E-state index contributed by atoms with van der Waals surface area (Å²) < 4.78 is 13.5. The van der Waals surface area contributed by atoms with Crippen LogP contribution in [0.25, 0.3) is 0 Å². The van der Waals surface area contributed by atoms with Crippen molar-refractivity contribution in [3.05, 3.63) is 35.1 Å². The first-order valence-electron chi connectivity index (χ1n) is 6.87. The molecular weight excluding hydrogens is 257 g/mol. The van der Waals surface area contributed by atoms with Gasteiger partial charge in [-0.3, -0.25) is 4.79 Å². The number of nitrogens with one attached hydrogen (secondary N) is 2. The van der Waals surface area contributed by atoms with Gasteiger partial charge in [-0.25, -0.2) is 4.39 Å². The standard InChI is InChI=1S/C15H18FN3O/c16-14-6-3-11(9-17)8-12(14)10-18-7-1-2-15(20)19-13-4-5-13/h3,6,8,13,18H,1-2,4-5,7,10H2,(H,19,20). The predicted octanol–water partition coefficient (Wildman–Crippen LogP) is 1.85. The SMILES string of the molecule is N#Cc1ccc(F)c(CNCCCC(=O)NC2CC2)c1. The highest BCUT2D eigenvalue weighted by Crippen LogP contribution is 2.18. The summed E-state index contributed by atoms with van der Waals surface area (Å²) in [6, 6.07) is 6.70. The van der Waals surface area contributed by atoms with Crippen LogP contribution in [0.4, 0.5) is 4.39 Å². The third kappa shape index (κ3) is 4.63. The van der Waals surface area contributed by atoms with Crippen LogP contribution in [0.1, 0.15) is 36.8 Å². The first-order chi connectivity index (χ1) is 9.69. The summed E-state index contributed by atoms with van der Waals surface area (Å²) in [6.07, 6.45) is 3.40. The van der Waals surface area contributed by atoms with Gasteiger partial charge in [0.05, 0.1) is 11.6 Å². The Morgan fingerprint density at radius 3 is 2.95 bits per heavy atom. The summed E-state index contributed by atoms with van der Waals surface area (Å²) in [5, 5.41) is 14.8. The van der Waals surface area contributed by atoms with Crippen molar-refractivity contribution in [1.29, 1.82) is 5.26 Å². The van der Waals surface area contributed by atoms with E-state index in [4.69, 9.17) is 5.26 Å². The highest BCUT2D eigenvalue weighted by Gasteiger charge is 2.22. The van der Waals surface area contributed by atoms with Crippen LogP contribution in [0.3, 0.4) is 0 Å². The smallest absolute Gasteiger partial charge is 0.220 e. The number of hydrogen-bond donors (Lipinski definition) is 2. The van der Waals surface area contributed by atoms with E-state index < -0.39 is 0 Å². The predicted molar refractivity (Wildman–Crippen MR) is 73.2 cm³/mol. The van der Waals surface area contributed by atoms with Crippen LogP contribution >= 0.6 is 0 Å². The van der Waals surface area contributed by atoms with Gasteiger partial charge >= 0.3 is 0 Å². The third-order valence-electron chi connectivity index (χ3n) is 3.19. The number of hydrogen-bond acceptors (Lipinski definition) is 3. The summed E-state index contributed by atoms with van der Waals surface area (Å²) in [5.41, 5.74) is 0.929. The summed E-state index contributed by atoms with van der Waals surface area (Å²) in [7, 11) is 0. The minimum Gasteiger partial charge on any atom is -0.353 e. The highest BCUT2D eigenvalue weighted by molar-refractivity contribution is 5.76. The van der Waals surface area contributed by atoms with Crippen LogP contribution in [0.2, 0.25) is 0 Å². The van der Waals surface area contributed by atoms with Crippen LogP contribution in [-0.4, -0.2) is 18.5 Å². The summed E-state index contributed by atoms with van der Waals surface area (Å²) in [5.74, 6) is -0.227. The lowest BCUT2D eigenvalue weighted by Gasteiger charge is -2.07. The topological polar surface area (TPSA) is 64.9 Å². The average molecular weight is 275 g/mol. The molecule has 1 aliphatic carbocycles. The molecule has 1 saturated carbocycles. The number of amides is 1. The molecule has 1 aromatic carbocycles. The van der Waals surface area contributed by atoms with Crippen LogP contribution in [-0.2, 0) is 11.3 Å². The maximum Gasteiger partial charge on any atom is 0.220 e. The van der Waals surface area contributed by atoms with E-state index in [0.29, 0.717) is 36.7 Å². The van der Waals surface area contributed by atoms with Crippen molar-refractivity contribution in [3.63, 3.8) is 0 Å². The normalized spacial score (nSPS) is 13.8. The lowest BCUT2D eigenvalue weighted by Crippen LogP contribution is -2.26. The molecule has 0 radical (unpaired) electrons. The molecule has 1 aliphatic rings. The Morgan fingerprint density at radius 2 is 2.25 bits per heavy atom. The van der Waals surface area contributed by atoms with E-state index in [1.165, 1.54) is 12.1 Å². The molecule has 2 rings (SSSR count). The molecule has 0 bridgehead atoms. The maximum absolute atomic E-state index is 13.5. The quantitative estimate of drug-likeness (QED) is 0.746. The molecular formula is C15H18FN3O. The Hall–Kier alpha value is -1.93. The minimum absolute atomic E-state index is 0.0898. The van der Waals surface area contributed by atoms with E-state index in [2.05, 4.69) is 10.6 Å². The molecule has 4 nitrogen and oxygen atoms in total. The summed E-state index contributed by atoms with van der Waals surface area (Å²) >= 11 is 0. The second-order valence-electron chi connectivity index (χ2n) is 5.04. The van der Waals surface area contributed by atoms with Crippen LogP contribution in [0.15, 0.2) is 18.2 Å². The Balaban J connectivity index is 1.65. The molecule has 20 heavy (non-hydrogen) atoms. The van der Waals surface area contributed by atoms with E-state index in [9.17, 15) is 9.18 Å². The Bertz CT molecular complexity index is 520. The zero-order valence-electron chi connectivity index (χ0n) is 11.3. The van der Waals surface area contributed by atoms with Gasteiger partial charge in [0.1, 0.15) is 5.82 Å². The number of benzene rings is 1. The van der Waals surface area contributed by atoms with Gasteiger partial charge in [-0.1, -0.05) is 0 Å². The zero-order valence-corrected chi connectivity index (χ0v) is 11.3. The molecule has 0 spiro atoms. The zero-order chi connectivity index (χ0) is 14.4. The number of nitrogens with zero attached hydrogens (tertiary/aromatic N) is 1. The summed E-state index contributed by atoms with van der Waals surface area (Å²) in [4.78, 5) is 11.4. The average Bonchev–Trinajstić information content (AvgIpc) is 3.24. The largest absolute Gasteiger partial charge is 0.353 e. The lowest BCUT2D eigenvalue weighted by atomic mass is 10.1. The minimum atomic E-state index is -0.317. The number of nitriles is 1. The molecule has 5 heteroatoms. The second-order valence-corrected chi connectivity index (χ2v) is 5.04. The molecule has 1 fully saturated rings. The number of carbonyl (C=O) groups is 1. The van der Waals surface area contributed by atoms with Gasteiger partial charge in [0.15, 0.2) is 0 Å². The van der Waals surface area contributed by atoms with Crippen LogP contribution < -0.4 is 10.6 Å². The van der Waals surface area contributed by atoms with Gasteiger partial charge < -0.3 is 10.6 Å². The molecule has 1 amide bonds. The maximum atomic E-state index is 13.5. The molecule has 0 unspecified atom stereocenters. The molecule has 106 valence electrons. The van der Waals surface area contributed by atoms with Crippen molar-refractivity contribution in [2.75, 3.05) is 6.54 Å². The van der Waals surface area contributed by atoms with E-state index in [1.54, 1.807) is 6.07 Å². The molecule has 1 aromatic rings. The van der Waals surface area contributed by atoms with Gasteiger partial charge in [-0.15, -0.1) is 0 Å². The summed E-state index contributed by atoms with van der Waals surface area (Å²) in [6.45, 7) is 1.01. The third-order valence-corrected chi connectivity index (χ3v) is 3.19. The van der Waals surface area contributed by atoms with Crippen LogP contribution in [0.5, 0.6) is 0 Å². The fourth-order valence-corrected chi connectivity index (χ4v) is 1.90. The van der Waals surface area contributed by atoms with Crippen molar-refractivity contribution in [3.8, 4) is 6.07 Å². The molecule has 0 aromatic heterocycles. The Kier molecular flexibility index (Phi) is 5.08. The number of rotatable bonds is 7. The van der Waals surface area contributed by atoms with Crippen LogP contribution in [0, 0.1) is 17.1 Å².